The van der Waals surface area contributed by atoms with Crippen LogP contribution in [0.5, 0.6) is 0 Å². The predicted octanol–water partition coefficient (Wildman–Crippen LogP) is 6.93. The average molecular weight is 414 g/mol. The third kappa shape index (κ3) is 18.5. The van der Waals surface area contributed by atoms with Gasteiger partial charge in [0.25, 0.3) is 0 Å². The van der Waals surface area contributed by atoms with Crippen LogP contribution in [0.3, 0.4) is 0 Å². The monoisotopic (exact) mass is 413 g/mol. The van der Waals surface area contributed by atoms with Gasteiger partial charge in [-0.1, -0.05) is 104 Å². The average Bonchev–Trinajstić information content (AvgIpc) is 2.72. The second-order valence-electron chi connectivity index (χ2n) is 8.03. The van der Waals surface area contributed by atoms with Gasteiger partial charge in [-0.25, -0.2) is 9.59 Å². The van der Waals surface area contributed by atoms with Crippen molar-refractivity contribution in [3.8, 4) is 0 Å². The number of carbonyl (C=O) groups excluding carboxylic acids is 2. The van der Waals surface area contributed by atoms with E-state index in [9.17, 15) is 9.59 Å². The van der Waals surface area contributed by atoms with Crippen LogP contribution in [0.2, 0.25) is 0 Å². The first-order valence-corrected chi connectivity index (χ1v) is 12.3. The van der Waals surface area contributed by atoms with Gasteiger partial charge in [0.15, 0.2) is 0 Å². The first-order valence-electron chi connectivity index (χ1n) is 12.3. The molecule has 0 aliphatic heterocycles. The molecule has 0 aromatic heterocycles. The van der Waals surface area contributed by atoms with E-state index in [1.807, 2.05) is 6.92 Å². The fraction of sp³-hybridized carbons (Fsp3) is 0.917. The van der Waals surface area contributed by atoms with Crippen molar-refractivity contribution in [1.29, 1.82) is 0 Å². The van der Waals surface area contributed by atoms with E-state index in [1.165, 1.54) is 51.4 Å². The fourth-order valence-corrected chi connectivity index (χ4v) is 3.27. The number of rotatable bonds is 20. The Morgan fingerprint density at radius 1 is 0.621 bits per heavy atom. The maximum Gasteiger partial charge on any atom is 0.407 e. The summed E-state index contributed by atoms with van der Waals surface area (Å²) in [6.45, 7) is 7.14. The SMILES string of the molecule is CCCCCCCCCCCCOC(=O)C(CCCCCC)NC(=O)OCCC. The van der Waals surface area contributed by atoms with Crippen molar-refractivity contribution in [2.75, 3.05) is 13.2 Å². The van der Waals surface area contributed by atoms with Gasteiger partial charge in [-0.15, -0.1) is 0 Å². The Morgan fingerprint density at radius 3 is 1.69 bits per heavy atom. The standard InChI is InChI=1S/C24H47NO4/c1-4-7-9-11-12-13-14-15-16-18-21-28-23(26)22(19-17-10-8-5-2)25-24(27)29-20-6-3/h22H,4-21H2,1-3H3,(H,25,27). The zero-order chi connectivity index (χ0) is 21.6. The van der Waals surface area contributed by atoms with E-state index in [-0.39, 0.29) is 5.97 Å². The molecule has 1 unspecified atom stereocenters. The number of esters is 1. The van der Waals surface area contributed by atoms with Gasteiger partial charge in [0, 0.05) is 0 Å². The predicted molar refractivity (Wildman–Crippen MR) is 120 cm³/mol. The Morgan fingerprint density at radius 2 is 1.14 bits per heavy atom. The first kappa shape index (κ1) is 27.7. The summed E-state index contributed by atoms with van der Waals surface area (Å²) in [6, 6.07) is -0.598. The lowest BCUT2D eigenvalue weighted by molar-refractivity contribution is -0.146. The highest BCUT2D eigenvalue weighted by atomic mass is 16.6. The van der Waals surface area contributed by atoms with Crippen LogP contribution in [0.25, 0.3) is 0 Å². The summed E-state index contributed by atoms with van der Waals surface area (Å²) in [5.74, 6) is -0.328. The highest BCUT2D eigenvalue weighted by molar-refractivity contribution is 5.81. The quantitative estimate of drug-likeness (QED) is 0.174. The molecule has 0 saturated heterocycles. The first-order chi connectivity index (χ1) is 14.2. The molecular formula is C24H47NO4. The highest BCUT2D eigenvalue weighted by Crippen LogP contribution is 2.11. The van der Waals surface area contributed by atoms with Crippen molar-refractivity contribution in [3.63, 3.8) is 0 Å². The molecule has 0 fully saturated rings. The number of alkyl carbamates (subject to hydrolysis) is 1. The third-order valence-electron chi connectivity index (χ3n) is 5.10. The molecule has 1 atom stereocenters. The van der Waals surface area contributed by atoms with Gasteiger partial charge >= 0.3 is 12.1 Å². The lowest BCUT2D eigenvalue weighted by Gasteiger charge is -2.17. The number of carbonyl (C=O) groups is 2. The molecule has 0 spiro atoms. The number of hydrogen-bond acceptors (Lipinski definition) is 4. The van der Waals surface area contributed by atoms with Crippen LogP contribution in [0.15, 0.2) is 0 Å². The van der Waals surface area contributed by atoms with Gasteiger partial charge in [-0.3, -0.25) is 0 Å². The van der Waals surface area contributed by atoms with E-state index in [0.29, 0.717) is 19.6 Å². The molecule has 0 rings (SSSR count). The minimum absolute atomic E-state index is 0.328. The van der Waals surface area contributed by atoms with Crippen LogP contribution in [0.1, 0.15) is 124 Å². The summed E-state index contributed by atoms with van der Waals surface area (Å²) in [4.78, 5) is 24.2. The van der Waals surface area contributed by atoms with Crippen LogP contribution in [0.4, 0.5) is 4.79 Å². The van der Waals surface area contributed by atoms with E-state index in [4.69, 9.17) is 9.47 Å². The van der Waals surface area contributed by atoms with Gasteiger partial charge in [-0.2, -0.15) is 0 Å². The minimum Gasteiger partial charge on any atom is -0.464 e. The lowest BCUT2D eigenvalue weighted by atomic mass is 10.1. The number of unbranched alkanes of at least 4 members (excludes halogenated alkanes) is 12. The minimum atomic E-state index is -0.598. The summed E-state index contributed by atoms with van der Waals surface area (Å²) in [5, 5.41) is 2.68. The van der Waals surface area contributed by atoms with E-state index in [2.05, 4.69) is 19.2 Å². The molecule has 0 aromatic carbocycles. The molecule has 5 heteroatoms. The largest absolute Gasteiger partial charge is 0.464 e. The van der Waals surface area contributed by atoms with Crippen LogP contribution < -0.4 is 5.32 Å². The van der Waals surface area contributed by atoms with Gasteiger partial charge in [0.05, 0.1) is 13.2 Å². The van der Waals surface area contributed by atoms with Crippen molar-refractivity contribution in [2.45, 2.75) is 130 Å². The number of hydrogen-bond donors (Lipinski definition) is 1. The smallest absolute Gasteiger partial charge is 0.407 e. The number of ether oxygens (including phenoxy) is 2. The molecule has 29 heavy (non-hydrogen) atoms. The van der Waals surface area contributed by atoms with Gasteiger partial charge in [0.1, 0.15) is 6.04 Å². The maximum atomic E-state index is 12.4. The number of amides is 1. The van der Waals surface area contributed by atoms with Gasteiger partial charge in [0.2, 0.25) is 0 Å². The molecule has 0 aliphatic rings. The molecule has 1 N–H and O–H groups in total. The lowest BCUT2D eigenvalue weighted by Crippen LogP contribution is -2.42. The topological polar surface area (TPSA) is 64.6 Å². The van der Waals surface area contributed by atoms with Crippen molar-refractivity contribution in [3.05, 3.63) is 0 Å². The third-order valence-corrected chi connectivity index (χ3v) is 5.10. The molecular weight excluding hydrogens is 366 g/mol. The zero-order valence-electron chi connectivity index (χ0n) is 19.4. The van der Waals surface area contributed by atoms with E-state index >= 15 is 0 Å². The molecule has 1 amide bonds. The molecule has 0 aromatic rings. The molecule has 0 radical (unpaired) electrons. The van der Waals surface area contributed by atoms with Gasteiger partial charge in [-0.05, 0) is 19.3 Å². The summed E-state index contributed by atoms with van der Waals surface area (Å²) in [5.41, 5.74) is 0. The fourth-order valence-electron chi connectivity index (χ4n) is 3.27. The highest BCUT2D eigenvalue weighted by Gasteiger charge is 2.22. The number of nitrogens with one attached hydrogen (secondary N) is 1. The van der Waals surface area contributed by atoms with E-state index in [0.717, 1.165) is 44.9 Å². The zero-order valence-corrected chi connectivity index (χ0v) is 19.4. The Kier molecular flexibility index (Phi) is 20.5. The Hall–Kier alpha value is -1.26. The summed E-state index contributed by atoms with van der Waals surface area (Å²) in [7, 11) is 0. The normalized spacial score (nSPS) is 11.8. The molecule has 0 aliphatic carbocycles. The van der Waals surface area contributed by atoms with Crippen molar-refractivity contribution in [1.82, 2.24) is 5.32 Å². The Balaban J connectivity index is 3.94. The van der Waals surface area contributed by atoms with Crippen LogP contribution in [-0.2, 0) is 14.3 Å². The van der Waals surface area contributed by atoms with Crippen LogP contribution >= 0.6 is 0 Å². The summed E-state index contributed by atoms with van der Waals surface area (Å²) in [6.07, 6.45) is 17.6. The van der Waals surface area contributed by atoms with E-state index < -0.39 is 12.1 Å². The second-order valence-corrected chi connectivity index (χ2v) is 8.03. The molecule has 0 bridgehead atoms. The molecule has 5 nitrogen and oxygen atoms in total. The summed E-state index contributed by atoms with van der Waals surface area (Å²) >= 11 is 0. The van der Waals surface area contributed by atoms with Crippen molar-refractivity contribution in [2.24, 2.45) is 0 Å². The summed E-state index contributed by atoms with van der Waals surface area (Å²) < 4.78 is 10.5. The molecule has 0 saturated carbocycles. The molecule has 172 valence electrons. The van der Waals surface area contributed by atoms with Crippen molar-refractivity contribution >= 4 is 12.1 Å². The maximum absolute atomic E-state index is 12.4. The second kappa shape index (κ2) is 21.4. The van der Waals surface area contributed by atoms with Crippen molar-refractivity contribution < 1.29 is 19.1 Å². The molecule has 0 heterocycles. The Labute approximate surface area is 179 Å². The Bertz CT molecular complexity index is 387. The van der Waals surface area contributed by atoms with E-state index in [1.54, 1.807) is 0 Å². The van der Waals surface area contributed by atoms with Gasteiger partial charge < -0.3 is 14.8 Å². The van der Waals surface area contributed by atoms with Crippen LogP contribution in [0, 0.1) is 0 Å². The van der Waals surface area contributed by atoms with Crippen LogP contribution in [-0.4, -0.2) is 31.3 Å².